The van der Waals surface area contributed by atoms with Crippen LogP contribution in [0.15, 0.2) is 63.5 Å². The Bertz CT molecular complexity index is 1080. The highest BCUT2D eigenvalue weighted by atomic mass is 35.5. The van der Waals surface area contributed by atoms with E-state index in [2.05, 4.69) is 10.6 Å². The van der Waals surface area contributed by atoms with Crippen LogP contribution in [0.5, 0.6) is 0 Å². The fourth-order valence-corrected chi connectivity index (χ4v) is 6.84. The van der Waals surface area contributed by atoms with Crippen molar-refractivity contribution in [3.8, 4) is 0 Å². The monoisotopic (exact) mass is 482 g/mol. The van der Waals surface area contributed by atoms with Crippen LogP contribution in [-0.2, 0) is 25.8 Å². The summed E-state index contributed by atoms with van der Waals surface area (Å²) < 4.78 is 26.2. The fourth-order valence-electron chi connectivity index (χ4n) is 2.72. The molecule has 158 valence electrons. The first-order valence-electron chi connectivity index (χ1n) is 8.99. The molecule has 0 aliphatic rings. The summed E-state index contributed by atoms with van der Waals surface area (Å²) in [5, 5.41) is 8.13. The van der Waals surface area contributed by atoms with Gasteiger partial charge in [0.2, 0.25) is 0 Å². The summed E-state index contributed by atoms with van der Waals surface area (Å²) in [6.07, 6.45) is 0.542. The van der Waals surface area contributed by atoms with Crippen molar-refractivity contribution < 1.29 is 18.0 Å². The summed E-state index contributed by atoms with van der Waals surface area (Å²) in [6, 6.07) is 13.8. The lowest BCUT2D eigenvalue weighted by Gasteiger charge is -2.16. The van der Waals surface area contributed by atoms with Gasteiger partial charge in [0.1, 0.15) is 9.46 Å². The van der Waals surface area contributed by atoms with Crippen LogP contribution in [-0.4, -0.2) is 33.3 Å². The Morgan fingerprint density at radius 3 is 2.23 bits per heavy atom. The fraction of sp³-hybridized carbons (Fsp3) is 0.200. The van der Waals surface area contributed by atoms with E-state index in [1.165, 1.54) is 17.4 Å². The number of hydrogen-bond acceptors (Lipinski definition) is 6. The first-order chi connectivity index (χ1) is 14.4. The number of carbonyl (C=O) groups excluding carboxylic acids is 2. The predicted molar refractivity (Wildman–Crippen MR) is 120 cm³/mol. The Labute approximate surface area is 187 Å². The summed E-state index contributed by atoms with van der Waals surface area (Å²) in [5.41, 5.74) is 0.972. The average molecular weight is 483 g/mol. The van der Waals surface area contributed by atoms with Gasteiger partial charge >= 0.3 is 11.8 Å². The normalized spacial score (nSPS) is 12.3. The van der Waals surface area contributed by atoms with Crippen molar-refractivity contribution in [3.63, 3.8) is 0 Å². The number of rotatable bonds is 8. The maximum atomic E-state index is 13.0. The van der Waals surface area contributed by atoms with Crippen molar-refractivity contribution in [1.29, 1.82) is 0 Å². The molecule has 0 saturated heterocycles. The summed E-state index contributed by atoms with van der Waals surface area (Å²) in [5.74, 6) is -1.67. The van der Waals surface area contributed by atoms with E-state index in [9.17, 15) is 18.0 Å². The van der Waals surface area contributed by atoms with Crippen molar-refractivity contribution in [2.75, 3.05) is 13.1 Å². The number of sulfone groups is 1. The molecule has 0 radical (unpaired) electrons. The van der Waals surface area contributed by atoms with Crippen molar-refractivity contribution in [2.24, 2.45) is 0 Å². The lowest BCUT2D eigenvalue weighted by molar-refractivity contribution is -0.139. The number of benzene rings is 1. The maximum Gasteiger partial charge on any atom is 0.309 e. The van der Waals surface area contributed by atoms with Crippen molar-refractivity contribution in [1.82, 2.24) is 10.6 Å². The molecular weight excluding hydrogens is 464 g/mol. The molecule has 2 heterocycles. The predicted octanol–water partition coefficient (Wildman–Crippen LogP) is 3.45. The van der Waals surface area contributed by atoms with E-state index in [-0.39, 0.29) is 17.3 Å². The number of amides is 2. The third-order valence-corrected chi connectivity index (χ3v) is 9.18. The molecule has 2 amide bonds. The van der Waals surface area contributed by atoms with Gasteiger partial charge in [0, 0.05) is 23.0 Å². The van der Waals surface area contributed by atoms with Crippen LogP contribution in [0.3, 0.4) is 0 Å². The molecule has 6 nitrogen and oxygen atoms in total. The van der Waals surface area contributed by atoms with Crippen LogP contribution in [0.1, 0.15) is 15.7 Å². The van der Waals surface area contributed by atoms with Gasteiger partial charge < -0.3 is 10.6 Å². The van der Waals surface area contributed by atoms with Crippen molar-refractivity contribution in [3.05, 3.63) is 74.8 Å². The zero-order chi connectivity index (χ0) is 21.6. The highest BCUT2D eigenvalue weighted by Crippen LogP contribution is 2.33. The summed E-state index contributed by atoms with van der Waals surface area (Å²) >= 11 is 8.25. The third-order valence-electron chi connectivity index (χ3n) is 4.28. The molecule has 2 N–H and O–H groups in total. The minimum atomic E-state index is -3.69. The number of thiophene rings is 2. The van der Waals surface area contributed by atoms with E-state index in [4.69, 9.17) is 11.6 Å². The van der Waals surface area contributed by atoms with Gasteiger partial charge in [0.25, 0.3) is 0 Å². The van der Waals surface area contributed by atoms with E-state index < -0.39 is 26.9 Å². The highest BCUT2D eigenvalue weighted by Gasteiger charge is 2.31. The topological polar surface area (TPSA) is 92.3 Å². The smallest absolute Gasteiger partial charge is 0.309 e. The zero-order valence-electron chi connectivity index (χ0n) is 15.7. The van der Waals surface area contributed by atoms with E-state index in [1.54, 1.807) is 41.1 Å². The quantitative estimate of drug-likeness (QED) is 0.481. The third kappa shape index (κ3) is 5.69. The number of carbonyl (C=O) groups is 2. The second-order valence-corrected chi connectivity index (χ2v) is 11.0. The van der Waals surface area contributed by atoms with Gasteiger partial charge in [-0.25, -0.2) is 8.42 Å². The summed E-state index contributed by atoms with van der Waals surface area (Å²) in [4.78, 5) is 24.9. The second kappa shape index (κ2) is 10.2. The summed E-state index contributed by atoms with van der Waals surface area (Å²) in [7, 11) is -3.69. The van der Waals surface area contributed by atoms with Crippen molar-refractivity contribution in [2.45, 2.75) is 15.9 Å². The highest BCUT2D eigenvalue weighted by molar-refractivity contribution is 7.93. The van der Waals surface area contributed by atoms with Gasteiger partial charge in [-0.1, -0.05) is 35.9 Å². The van der Waals surface area contributed by atoms with Crippen LogP contribution >= 0.6 is 34.3 Å². The Hall–Kier alpha value is -2.20. The van der Waals surface area contributed by atoms with Gasteiger partial charge in [-0.3, -0.25) is 9.59 Å². The lowest BCUT2D eigenvalue weighted by Crippen LogP contribution is -2.42. The average Bonchev–Trinajstić information content (AvgIpc) is 3.44. The van der Waals surface area contributed by atoms with Gasteiger partial charge in [0.05, 0.1) is 0 Å². The van der Waals surface area contributed by atoms with Crippen LogP contribution in [0.2, 0.25) is 5.02 Å². The van der Waals surface area contributed by atoms with E-state index >= 15 is 0 Å². The first-order valence-corrected chi connectivity index (χ1v) is 12.7. The molecule has 0 spiro atoms. The Morgan fingerprint density at radius 2 is 1.60 bits per heavy atom. The Morgan fingerprint density at radius 1 is 0.933 bits per heavy atom. The molecule has 0 unspecified atom stereocenters. The van der Waals surface area contributed by atoms with Crippen LogP contribution < -0.4 is 10.6 Å². The number of hydrogen-bond donors (Lipinski definition) is 2. The van der Waals surface area contributed by atoms with Crippen LogP contribution in [0.25, 0.3) is 0 Å². The molecule has 30 heavy (non-hydrogen) atoms. The Balaban J connectivity index is 1.57. The lowest BCUT2D eigenvalue weighted by atomic mass is 10.1. The summed E-state index contributed by atoms with van der Waals surface area (Å²) in [6.45, 7) is 0.0833. The molecule has 3 rings (SSSR count). The molecule has 1 aromatic carbocycles. The van der Waals surface area contributed by atoms with E-state index in [0.29, 0.717) is 16.3 Å². The molecule has 0 aliphatic heterocycles. The molecule has 0 bridgehead atoms. The van der Waals surface area contributed by atoms with Gasteiger partial charge in [0.15, 0.2) is 9.84 Å². The van der Waals surface area contributed by atoms with Gasteiger partial charge in [-0.05, 0) is 47.0 Å². The molecule has 0 fully saturated rings. The van der Waals surface area contributed by atoms with Crippen LogP contribution in [0.4, 0.5) is 0 Å². The molecule has 1 atom stereocenters. The van der Waals surface area contributed by atoms with Gasteiger partial charge in [-0.2, -0.15) is 0 Å². The largest absolute Gasteiger partial charge is 0.348 e. The zero-order valence-corrected chi connectivity index (χ0v) is 18.9. The van der Waals surface area contributed by atoms with Crippen molar-refractivity contribution >= 4 is 55.9 Å². The molecule has 0 aliphatic carbocycles. The van der Waals surface area contributed by atoms with E-state index in [0.717, 1.165) is 16.9 Å². The molecule has 2 aromatic heterocycles. The molecule has 0 saturated carbocycles. The van der Waals surface area contributed by atoms with E-state index in [1.807, 2.05) is 12.1 Å². The minimum absolute atomic E-state index is 0.190. The first kappa shape index (κ1) is 22.5. The molecule has 10 heteroatoms. The molecule has 3 aromatic rings. The minimum Gasteiger partial charge on any atom is -0.348 e. The maximum absolute atomic E-state index is 13.0. The molecular formula is C20H19ClN2O4S3. The number of halogens is 1. The number of nitrogens with one attached hydrogen (secondary N) is 2. The van der Waals surface area contributed by atoms with Gasteiger partial charge in [-0.15, -0.1) is 22.7 Å². The van der Waals surface area contributed by atoms with Crippen LogP contribution in [0, 0.1) is 0 Å². The SMILES string of the molecule is O=C(NCCc1ccc(Cl)cc1)C(=O)NC[C@@H](c1cccs1)S(=O)(=O)c1cccs1. The standard InChI is InChI=1S/C20H19ClN2O4S3/c21-15-7-5-14(6-8-15)9-10-22-19(24)20(25)23-13-17(16-3-1-11-28-16)30(26,27)18-4-2-12-29-18/h1-8,11-12,17H,9-10,13H2,(H,22,24)(H,23,25)/t17-/m0/s1. The Kier molecular flexibility index (Phi) is 7.65. The second-order valence-electron chi connectivity index (χ2n) is 6.32.